The van der Waals surface area contributed by atoms with Gasteiger partial charge in [-0.3, -0.25) is 4.79 Å². The summed E-state index contributed by atoms with van der Waals surface area (Å²) >= 11 is 1.61. The van der Waals surface area contributed by atoms with E-state index in [1.807, 2.05) is 17.5 Å². The van der Waals surface area contributed by atoms with E-state index in [1.54, 1.807) is 23.5 Å². The summed E-state index contributed by atoms with van der Waals surface area (Å²) in [6, 6.07) is 8.43. The monoisotopic (exact) mass is 466 g/mol. The van der Waals surface area contributed by atoms with Gasteiger partial charge >= 0.3 is 0 Å². The maximum absolute atomic E-state index is 13.2. The second kappa shape index (κ2) is 10.6. The van der Waals surface area contributed by atoms with Crippen LogP contribution in [0.4, 0.5) is 0 Å². The van der Waals surface area contributed by atoms with E-state index >= 15 is 0 Å². The number of hydrogen-bond donors (Lipinski definition) is 1. The molecule has 31 heavy (non-hydrogen) atoms. The number of carbonyl (C=O) groups is 1. The lowest BCUT2D eigenvalue weighted by Crippen LogP contribution is -2.40. The van der Waals surface area contributed by atoms with Crippen LogP contribution in [0.5, 0.6) is 5.75 Å². The number of carbonyl (C=O) groups excluding carboxylic acids is 1. The van der Waals surface area contributed by atoms with Crippen molar-refractivity contribution in [3.05, 3.63) is 46.2 Å². The van der Waals surface area contributed by atoms with E-state index in [9.17, 15) is 13.2 Å². The first-order chi connectivity index (χ1) is 14.9. The molecule has 7 nitrogen and oxygen atoms in total. The molecular formula is C22H30N2O5S2. The van der Waals surface area contributed by atoms with Crippen LogP contribution in [0, 0.1) is 5.92 Å². The van der Waals surface area contributed by atoms with E-state index in [-0.39, 0.29) is 41.6 Å². The third-order valence-electron chi connectivity index (χ3n) is 5.67. The summed E-state index contributed by atoms with van der Waals surface area (Å²) in [5, 5.41) is 5.13. The van der Waals surface area contributed by atoms with Gasteiger partial charge in [0.05, 0.1) is 26.4 Å². The molecule has 1 fully saturated rings. The molecular weight excluding hydrogens is 436 g/mol. The van der Waals surface area contributed by atoms with Crippen molar-refractivity contribution in [2.45, 2.75) is 37.6 Å². The molecule has 1 unspecified atom stereocenters. The molecule has 1 aliphatic heterocycles. The van der Waals surface area contributed by atoms with E-state index in [0.29, 0.717) is 18.8 Å². The third-order valence-corrected chi connectivity index (χ3v) is 8.55. The van der Waals surface area contributed by atoms with Crippen LogP contribution in [0.2, 0.25) is 0 Å². The van der Waals surface area contributed by atoms with Gasteiger partial charge in [-0.15, -0.1) is 11.3 Å². The molecule has 0 bridgehead atoms. The van der Waals surface area contributed by atoms with Crippen LogP contribution in [0.1, 0.15) is 48.0 Å². The molecule has 1 aromatic heterocycles. The number of methoxy groups -OCH3 is 1. The lowest BCUT2D eigenvalue weighted by atomic mass is 9.92. The molecule has 1 aliphatic rings. The normalized spacial score (nSPS) is 16.3. The molecule has 1 atom stereocenters. The lowest BCUT2D eigenvalue weighted by Gasteiger charge is -2.27. The van der Waals surface area contributed by atoms with Crippen LogP contribution in [-0.4, -0.2) is 52.0 Å². The summed E-state index contributed by atoms with van der Waals surface area (Å²) in [6.07, 6.45) is 1.86. The summed E-state index contributed by atoms with van der Waals surface area (Å²) < 4.78 is 38.4. The van der Waals surface area contributed by atoms with Crippen molar-refractivity contribution in [2.75, 3.05) is 33.4 Å². The quantitative estimate of drug-likeness (QED) is 0.609. The summed E-state index contributed by atoms with van der Waals surface area (Å²) in [5.74, 6) is 0.210. The van der Waals surface area contributed by atoms with Crippen molar-refractivity contribution >= 4 is 27.3 Å². The molecule has 1 amide bonds. The lowest BCUT2D eigenvalue weighted by molar-refractivity contribution is 0.0729. The van der Waals surface area contributed by atoms with Gasteiger partial charge in [0, 0.05) is 23.5 Å². The minimum Gasteiger partial charge on any atom is -0.495 e. The smallest absolute Gasteiger partial charge is 0.251 e. The molecule has 1 saturated heterocycles. The Morgan fingerprint density at radius 1 is 1.23 bits per heavy atom. The molecule has 1 N–H and O–H groups in total. The number of hydrogen-bond acceptors (Lipinski definition) is 6. The number of benzene rings is 1. The second-order valence-corrected chi connectivity index (χ2v) is 10.3. The van der Waals surface area contributed by atoms with Crippen molar-refractivity contribution in [1.29, 1.82) is 0 Å². The van der Waals surface area contributed by atoms with Gasteiger partial charge in [0.25, 0.3) is 5.91 Å². The first-order valence-electron chi connectivity index (χ1n) is 10.5. The van der Waals surface area contributed by atoms with Crippen molar-refractivity contribution < 1.29 is 22.7 Å². The van der Waals surface area contributed by atoms with E-state index in [1.165, 1.54) is 17.5 Å². The highest BCUT2D eigenvalue weighted by molar-refractivity contribution is 7.89. The van der Waals surface area contributed by atoms with Gasteiger partial charge in [-0.1, -0.05) is 32.8 Å². The zero-order valence-electron chi connectivity index (χ0n) is 18.2. The topological polar surface area (TPSA) is 84.9 Å². The van der Waals surface area contributed by atoms with Gasteiger partial charge in [-0.2, -0.15) is 4.31 Å². The van der Waals surface area contributed by atoms with Crippen molar-refractivity contribution in [3.8, 4) is 5.75 Å². The van der Waals surface area contributed by atoms with E-state index in [0.717, 1.165) is 17.7 Å². The molecule has 2 heterocycles. The fourth-order valence-electron chi connectivity index (χ4n) is 3.82. The van der Waals surface area contributed by atoms with Crippen LogP contribution >= 0.6 is 11.3 Å². The van der Waals surface area contributed by atoms with Crippen LogP contribution < -0.4 is 10.1 Å². The van der Waals surface area contributed by atoms with E-state index in [2.05, 4.69) is 19.2 Å². The fourth-order valence-corrected chi connectivity index (χ4v) is 6.28. The van der Waals surface area contributed by atoms with Gasteiger partial charge in [0.2, 0.25) is 10.0 Å². The van der Waals surface area contributed by atoms with E-state index < -0.39 is 10.0 Å². The molecule has 0 aliphatic carbocycles. The third kappa shape index (κ3) is 5.28. The fraction of sp³-hybridized carbons (Fsp3) is 0.500. The minimum atomic E-state index is -3.81. The number of nitrogens with zero attached hydrogens (tertiary/aromatic N) is 1. The van der Waals surface area contributed by atoms with Gasteiger partial charge in [0.1, 0.15) is 10.6 Å². The number of ether oxygens (including phenoxy) is 2. The van der Waals surface area contributed by atoms with Crippen LogP contribution in [0.25, 0.3) is 0 Å². The van der Waals surface area contributed by atoms with Gasteiger partial charge in [0.15, 0.2) is 0 Å². The molecule has 3 rings (SSSR count). The minimum absolute atomic E-state index is 0.000225. The molecule has 0 radical (unpaired) electrons. The molecule has 9 heteroatoms. The summed E-state index contributed by atoms with van der Waals surface area (Å²) in [6.45, 7) is 5.47. The molecule has 0 saturated carbocycles. The SMILES string of the molecule is CCC(CC)C(NC(=O)c1ccc(OC)c(S(=O)(=O)N2CCOCC2)c1)c1cccs1. The maximum atomic E-state index is 13.2. The summed E-state index contributed by atoms with van der Waals surface area (Å²) in [4.78, 5) is 14.3. The van der Waals surface area contributed by atoms with Crippen molar-refractivity contribution in [2.24, 2.45) is 5.92 Å². The Labute approximate surface area is 188 Å². The number of rotatable bonds is 9. The number of nitrogens with one attached hydrogen (secondary N) is 1. The van der Waals surface area contributed by atoms with Gasteiger partial charge < -0.3 is 14.8 Å². The Balaban J connectivity index is 1.91. The Kier molecular flexibility index (Phi) is 8.10. The highest BCUT2D eigenvalue weighted by atomic mass is 32.2. The molecule has 2 aromatic rings. The Hall–Kier alpha value is -1.94. The maximum Gasteiger partial charge on any atom is 0.251 e. The average Bonchev–Trinajstić information content (AvgIpc) is 3.34. The van der Waals surface area contributed by atoms with Crippen LogP contribution in [-0.2, 0) is 14.8 Å². The van der Waals surface area contributed by atoms with Gasteiger partial charge in [-0.05, 0) is 35.6 Å². The Morgan fingerprint density at radius 2 is 1.94 bits per heavy atom. The van der Waals surface area contributed by atoms with Crippen LogP contribution in [0.15, 0.2) is 40.6 Å². The number of thiophene rings is 1. The highest BCUT2D eigenvalue weighted by Gasteiger charge is 2.31. The largest absolute Gasteiger partial charge is 0.495 e. The summed E-state index contributed by atoms with van der Waals surface area (Å²) in [5.41, 5.74) is 0.292. The molecule has 1 aromatic carbocycles. The first kappa shape index (κ1) is 23.7. The average molecular weight is 467 g/mol. The molecule has 170 valence electrons. The predicted molar refractivity (Wildman–Crippen MR) is 121 cm³/mol. The number of amides is 1. The zero-order chi connectivity index (χ0) is 22.4. The van der Waals surface area contributed by atoms with Crippen LogP contribution in [0.3, 0.4) is 0 Å². The molecule has 0 spiro atoms. The zero-order valence-corrected chi connectivity index (χ0v) is 19.8. The standard InChI is InChI=1S/C22H30N2O5S2/c1-4-16(5-2)21(19-7-6-14-30-19)23-22(25)17-8-9-18(28-3)20(15-17)31(26,27)24-10-12-29-13-11-24/h6-9,14-16,21H,4-5,10-13H2,1-3H3,(H,23,25). The second-order valence-electron chi connectivity index (χ2n) is 7.43. The highest BCUT2D eigenvalue weighted by Crippen LogP contribution is 2.32. The predicted octanol–water partition coefficient (Wildman–Crippen LogP) is 3.68. The van der Waals surface area contributed by atoms with Crippen molar-refractivity contribution in [1.82, 2.24) is 9.62 Å². The van der Waals surface area contributed by atoms with Gasteiger partial charge in [-0.25, -0.2) is 8.42 Å². The number of sulfonamides is 1. The van der Waals surface area contributed by atoms with E-state index in [4.69, 9.17) is 9.47 Å². The number of morpholine rings is 1. The van der Waals surface area contributed by atoms with Crippen molar-refractivity contribution in [3.63, 3.8) is 0 Å². The Morgan fingerprint density at radius 3 is 2.52 bits per heavy atom. The first-order valence-corrected chi connectivity index (χ1v) is 12.8. The summed E-state index contributed by atoms with van der Waals surface area (Å²) in [7, 11) is -2.38. The Bertz CT molecular complexity index is 966.